The SMILES string of the molecule is CC(C)(C)c1oc(-c2ccccc2)c2ccccc12. The summed E-state index contributed by atoms with van der Waals surface area (Å²) in [6.45, 7) is 6.56. The van der Waals surface area contributed by atoms with Gasteiger partial charge in [-0.3, -0.25) is 0 Å². The summed E-state index contributed by atoms with van der Waals surface area (Å²) in [4.78, 5) is 0. The molecule has 0 aliphatic rings. The van der Waals surface area contributed by atoms with Crippen LogP contribution in [0.15, 0.2) is 59.0 Å². The summed E-state index contributed by atoms with van der Waals surface area (Å²) in [5.41, 5.74) is 1.14. The van der Waals surface area contributed by atoms with Crippen molar-refractivity contribution < 1.29 is 4.42 Å². The van der Waals surface area contributed by atoms with Crippen LogP contribution in [0.5, 0.6) is 0 Å². The summed E-state index contributed by atoms with van der Waals surface area (Å²) in [7, 11) is 0. The summed E-state index contributed by atoms with van der Waals surface area (Å²) >= 11 is 0. The average molecular weight is 250 g/mol. The van der Waals surface area contributed by atoms with Gasteiger partial charge >= 0.3 is 0 Å². The second-order valence-corrected chi connectivity index (χ2v) is 5.92. The highest BCUT2D eigenvalue weighted by molar-refractivity contribution is 5.96. The monoisotopic (exact) mass is 250 g/mol. The maximum absolute atomic E-state index is 6.22. The van der Waals surface area contributed by atoms with Crippen LogP contribution in [0.3, 0.4) is 0 Å². The van der Waals surface area contributed by atoms with Gasteiger partial charge in [-0.15, -0.1) is 0 Å². The Hall–Kier alpha value is -2.02. The molecule has 1 aromatic heterocycles. The molecule has 0 aliphatic heterocycles. The molecule has 3 aromatic rings. The number of benzene rings is 2. The molecule has 96 valence electrons. The molecule has 0 saturated carbocycles. The number of hydrogen-bond donors (Lipinski definition) is 0. The van der Waals surface area contributed by atoms with Crippen LogP contribution in [0.25, 0.3) is 22.1 Å². The van der Waals surface area contributed by atoms with Gasteiger partial charge in [0.2, 0.25) is 0 Å². The van der Waals surface area contributed by atoms with Crippen LogP contribution in [0.1, 0.15) is 26.5 Å². The Kier molecular flexibility index (Phi) is 2.70. The lowest BCUT2D eigenvalue weighted by Gasteiger charge is -2.15. The molecule has 0 unspecified atom stereocenters. The molecule has 0 spiro atoms. The lowest BCUT2D eigenvalue weighted by Crippen LogP contribution is -2.09. The fraction of sp³-hybridized carbons (Fsp3) is 0.222. The molecule has 1 heterocycles. The molecule has 1 nitrogen and oxygen atoms in total. The van der Waals surface area contributed by atoms with E-state index in [1.165, 1.54) is 10.8 Å². The van der Waals surface area contributed by atoms with Gasteiger partial charge in [0.15, 0.2) is 0 Å². The van der Waals surface area contributed by atoms with Crippen LogP contribution >= 0.6 is 0 Å². The third kappa shape index (κ3) is 2.06. The number of hydrogen-bond acceptors (Lipinski definition) is 1. The molecule has 0 saturated heterocycles. The van der Waals surface area contributed by atoms with E-state index in [0.717, 1.165) is 17.1 Å². The predicted molar refractivity (Wildman–Crippen MR) is 80.4 cm³/mol. The molecular formula is C18H18O. The molecule has 0 aliphatic carbocycles. The second kappa shape index (κ2) is 4.27. The van der Waals surface area contributed by atoms with Crippen molar-refractivity contribution in [3.8, 4) is 11.3 Å². The molecule has 2 aromatic carbocycles. The Morgan fingerprint density at radius 1 is 0.737 bits per heavy atom. The van der Waals surface area contributed by atoms with E-state index in [1.54, 1.807) is 0 Å². The fourth-order valence-corrected chi connectivity index (χ4v) is 2.45. The first-order valence-corrected chi connectivity index (χ1v) is 6.65. The first kappa shape index (κ1) is 12.0. The minimum atomic E-state index is 0.00658. The zero-order chi connectivity index (χ0) is 13.5. The van der Waals surface area contributed by atoms with Crippen molar-refractivity contribution in [2.24, 2.45) is 0 Å². The summed E-state index contributed by atoms with van der Waals surface area (Å²) in [5, 5.41) is 2.41. The van der Waals surface area contributed by atoms with Gasteiger partial charge in [0.25, 0.3) is 0 Å². The van der Waals surface area contributed by atoms with Crippen molar-refractivity contribution in [1.29, 1.82) is 0 Å². The lowest BCUT2D eigenvalue weighted by molar-refractivity contribution is 0.422. The average Bonchev–Trinajstić information content (AvgIpc) is 2.79. The van der Waals surface area contributed by atoms with Gasteiger partial charge < -0.3 is 4.42 Å². The third-order valence-electron chi connectivity index (χ3n) is 3.34. The molecule has 0 amide bonds. The van der Waals surface area contributed by atoms with Crippen molar-refractivity contribution in [2.75, 3.05) is 0 Å². The highest BCUT2D eigenvalue weighted by Crippen LogP contribution is 2.38. The van der Waals surface area contributed by atoms with Crippen molar-refractivity contribution >= 4 is 10.8 Å². The minimum absolute atomic E-state index is 0.00658. The lowest BCUT2D eigenvalue weighted by atomic mass is 9.90. The van der Waals surface area contributed by atoms with E-state index in [9.17, 15) is 0 Å². The summed E-state index contributed by atoms with van der Waals surface area (Å²) in [6.07, 6.45) is 0. The number of fused-ring (bicyclic) bond motifs is 1. The summed E-state index contributed by atoms with van der Waals surface area (Å²) < 4.78 is 6.22. The van der Waals surface area contributed by atoms with E-state index in [2.05, 4.69) is 57.2 Å². The first-order valence-electron chi connectivity index (χ1n) is 6.65. The molecule has 3 rings (SSSR count). The Morgan fingerprint density at radius 3 is 1.95 bits per heavy atom. The van der Waals surface area contributed by atoms with Crippen LogP contribution in [-0.4, -0.2) is 0 Å². The van der Waals surface area contributed by atoms with Gasteiger partial charge in [0.05, 0.1) is 0 Å². The van der Waals surface area contributed by atoms with Crippen LogP contribution in [0, 0.1) is 0 Å². The highest BCUT2D eigenvalue weighted by Gasteiger charge is 2.24. The molecule has 1 heteroatoms. The van der Waals surface area contributed by atoms with E-state index in [0.29, 0.717) is 0 Å². The van der Waals surface area contributed by atoms with Crippen molar-refractivity contribution in [1.82, 2.24) is 0 Å². The van der Waals surface area contributed by atoms with Crippen molar-refractivity contribution in [2.45, 2.75) is 26.2 Å². The molecule has 0 N–H and O–H groups in total. The quantitative estimate of drug-likeness (QED) is 0.563. The second-order valence-electron chi connectivity index (χ2n) is 5.92. The predicted octanol–water partition coefficient (Wildman–Crippen LogP) is 5.40. The van der Waals surface area contributed by atoms with Crippen LogP contribution in [0.4, 0.5) is 0 Å². The number of rotatable bonds is 1. The molecule has 0 radical (unpaired) electrons. The van der Waals surface area contributed by atoms with Gasteiger partial charge in [-0.1, -0.05) is 75.4 Å². The van der Waals surface area contributed by atoms with E-state index in [-0.39, 0.29) is 5.41 Å². The maximum atomic E-state index is 6.22. The van der Waals surface area contributed by atoms with Gasteiger partial charge in [-0.2, -0.15) is 0 Å². The molecule has 0 atom stereocenters. The van der Waals surface area contributed by atoms with Crippen LogP contribution in [0.2, 0.25) is 0 Å². The number of furan rings is 1. The largest absolute Gasteiger partial charge is 0.459 e. The van der Waals surface area contributed by atoms with E-state index in [1.807, 2.05) is 18.2 Å². The van der Waals surface area contributed by atoms with E-state index in [4.69, 9.17) is 4.42 Å². The Balaban J connectivity index is 2.33. The maximum Gasteiger partial charge on any atom is 0.142 e. The van der Waals surface area contributed by atoms with Crippen molar-refractivity contribution in [3.63, 3.8) is 0 Å². The van der Waals surface area contributed by atoms with E-state index >= 15 is 0 Å². The molecular weight excluding hydrogens is 232 g/mol. The van der Waals surface area contributed by atoms with Crippen LogP contribution in [-0.2, 0) is 5.41 Å². The van der Waals surface area contributed by atoms with Gasteiger partial charge in [0, 0.05) is 21.8 Å². The first-order chi connectivity index (χ1) is 9.07. The Morgan fingerprint density at radius 2 is 1.32 bits per heavy atom. The summed E-state index contributed by atoms with van der Waals surface area (Å²) in [6, 6.07) is 18.7. The zero-order valence-electron chi connectivity index (χ0n) is 11.6. The third-order valence-corrected chi connectivity index (χ3v) is 3.34. The molecule has 19 heavy (non-hydrogen) atoms. The Bertz CT molecular complexity index is 699. The Labute approximate surface area is 113 Å². The van der Waals surface area contributed by atoms with Crippen LogP contribution < -0.4 is 0 Å². The van der Waals surface area contributed by atoms with Gasteiger partial charge in [-0.05, 0) is 0 Å². The topological polar surface area (TPSA) is 13.1 Å². The smallest absolute Gasteiger partial charge is 0.142 e. The van der Waals surface area contributed by atoms with Gasteiger partial charge in [-0.25, -0.2) is 0 Å². The molecule has 0 bridgehead atoms. The normalized spacial score (nSPS) is 11.9. The zero-order valence-corrected chi connectivity index (χ0v) is 11.6. The summed E-state index contributed by atoms with van der Waals surface area (Å²) in [5.74, 6) is 2.03. The van der Waals surface area contributed by atoms with Crippen molar-refractivity contribution in [3.05, 3.63) is 60.4 Å². The standard InChI is InChI=1S/C18H18O/c1-18(2,3)17-15-12-8-7-11-14(15)16(19-17)13-9-5-4-6-10-13/h4-12H,1-3H3. The van der Waals surface area contributed by atoms with Gasteiger partial charge in [0.1, 0.15) is 11.5 Å². The minimum Gasteiger partial charge on any atom is -0.459 e. The fourth-order valence-electron chi connectivity index (χ4n) is 2.45. The molecule has 0 fully saturated rings. The van der Waals surface area contributed by atoms with E-state index < -0.39 is 0 Å². The highest BCUT2D eigenvalue weighted by atomic mass is 16.3.